The number of thiazole rings is 1. The summed E-state index contributed by atoms with van der Waals surface area (Å²) in [4.78, 5) is 17.2. The Hall–Kier alpha value is -3.49. The molecule has 4 N–H and O–H groups in total. The summed E-state index contributed by atoms with van der Waals surface area (Å²) < 4.78 is 1.11. The first-order chi connectivity index (χ1) is 16.2. The Morgan fingerprint density at radius 2 is 1.79 bits per heavy atom. The summed E-state index contributed by atoms with van der Waals surface area (Å²) in [6.07, 6.45) is 7.28. The number of aliphatic hydroxyl groups is 1. The molecule has 6 rings (SSSR count). The van der Waals surface area contributed by atoms with Gasteiger partial charge in [-0.1, -0.05) is 23.5 Å². The van der Waals surface area contributed by atoms with E-state index in [1.165, 1.54) is 0 Å². The van der Waals surface area contributed by atoms with Gasteiger partial charge >= 0.3 is 0 Å². The van der Waals surface area contributed by atoms with E-state index >= 15 is 0 Å². The zero-order chi connectivity index (χ0) is 22.2. The second-order valence-electron chi connectivity index (χ2n) is 8.52. The lowest BCUT2D eigenvalue weighted by molar-refractivity contribution is 0.126. The van der Waals surface area contributed by atoms with E-state index in [0.29, 0.717) is 6.04 Å². The first-order valence-electron chi connectivity index (χ1n) is 11.2. The van der Waals surface area contributed by atoms with E-state index in [-0.39, 0.29) is 6.10 Å². The molecular weight excluding hydrogens is 432 g/mol. The van der Waals surface area contributed by atoms with Gasteiger partial charge in [-0.25, -0.2) is 9.97 Å². The normalized spacial score (nSPS) is 18.6. The van der Waals surface area contributed by atoms with Crippen LogP contribution in [0.15, 0.2) is 60.9 Å². The SMILES string of the molecule is OC1CCC(Nc2cccc(Nc3nc4ccc(-c5cnc6cc[nH]c6c5)cc4s3)n2)CC1. The van der Waals surface area contributed by atoms with Gasteiger partial charge in [-0.2, -0.15) is 0 Å². The van der Waals surface area contributed by atoms with Gasteiger partial charge in [0.05, 0.1) is 27.4 Å². The number of fused-ring (bicyclic) bond motifs is 2. The fourth-order valence-electron chi connectivity index (χ4n) is 4.37. The summed E-state index contributed by atoms with van der Waals surface area (Å²) in [7, 11) is 0. The van der Waals surface area contributed by atoms with Crippen molar-refractivity contribution >= 4 is 49.4 Å². The molecule has 4 aromatic heterocycles. The first-order valence-corrected chi connectivity index (χ1v) is 12.0. The molecule has 7 nitrogen and oxygen atoms in total. The minimum atomic E-state index is -0.156. The van der Waals surface area contributed by atoms with E-state index in [1.807, 2.05) is 42.7 Å². The largest absolute Gasteiger partial charge is 0.393 e. The van der Waals surface area contributed by atoms with Gasteiger partial charge < -0.3 is 20.7 Å². The summed E-state index contributed by atoms with van der Waals surface area (Å²) in [5.41, 5.74) is 5.14. The molecule has 0 spiro atoms. The Bertz CT molecular complexity index is 1420. The third kappa shape index (κ3) is 4.27. The van der Waals surface area contributed by atoms with Gasteiger partial charge in [0.2, 0.25) is 0 Å². The highest BCUT2D eigenvalue weighted by Crippen LogP contribution is 2.32. The van der Waals surface area contributed by atoms with E-state index in [0.717, 1.165) is 74.8 Å². The Balaban J connectivity index is 1.20. The molecule has 0 aliphatic heterocycles. The highest BCUT2D eigenvalue weighted by Gasteiger charge is 2.19. The molecule has 0 amide bonds. The predicted octanol–water partition coefficient (Wildman–Crippen LogP) is 5.69. The average Bonchev–Trinajstić information content (AvgIpc) is 3.46. The quantitative estimate of drug-likeness (QED) is 0.271. The summed E-state index contributed by atoms with van der Waals surface area (Å²) >= 11 is 1.61. The molecule has 4 heterocycles. The second-order valence-corrected chi connectivity index (χ2v) is 9.55. The number of aromatic amines is 1. The van der Waals surface area contributed by atoms with Crippen molar-refractivity contribution in [2.75, 3.05) is 10.6 Å². The molecule has 33 heavy (non-hydrogen) atoms. The molecule has 0 saturated heterocycles. The van der Waals surface area contributed by atoms with E-state index in [9.17, 15) is 5.11 Å². The summed E-state index contributed by atoms with van der Waals surface area (Å²) in [5.74, 6) is 1.61. The van der Waals surface area contributed by atoms with Crippen LogP contribution in [0.5, 0.6) is 0 Å². The lowest BCUT2D eigenvalue weighted by Gasteiger charge is -2.26. The van der Waals surface area contributed by atoms with Gasteiger partial charge in [-0.15, -0.1) is 0 Å². The maximum Gasteiger partial charge on any atom is 0.189 e. The van der Waals surface area contributed by atoms with Crippen molar-refractivity contribution in [1.29, 1.82) is 0 Å². The summed E-state index contributed by atoms with van der Waals surface area (Å²) in [6.45, 7) is 0. The molecule has 1 aromatic carbocycles. The number of aliphatic hydroxyl groups excluding tert-OH is 1. The number of nitrogens with one attached hydrogen (secondary N) is 3. The van der Waals surface area contributed by atoms with E-state index in [4.69, 9.17) is 9.97 Å². The number of hydrogen-bond acceptors (Lipinski definition) is 7. The van der Waals surface area contributed by atoms with Crippen molar-refractivity contribution in [1.82, 2.24) is 19.9 Å². The summed E-state index contributed by atoms with van der Waals surface area (Å²) in [5, 5.41) is 17.4. The van der Waals surface area contributed by atoms with Crippen LogP contribution < -0.4 is 10.6 Å². The standard InChI is InChI=1S/C25H24N6OS/c32-18-7-5-17(6-8-18)28-23-2-1-3-24(30-23)31-25-29-20-9-4-15(13-22(20)33-25)16-12-21-19(27-14-16)10-11-26-21/h1-4,9-14,17-18,26,32H,5-8H2,(H2,28,29,30,31). The van der Waals surface area contributed by atoms with Crippen molar-refractivity contribution in [2.45, 2.75) is 37.8 Å². The average molecular weight is 457 g/mol. The zero-order valence-corrected chi connectivity index (χ0v) is 18.8. The Labute approximate surface area is 194 Å². The molecule has 0 bridgehead atoms. The molecule has 166 valence electrons. The first kappa shape index (κ1) is 20.1. The van der Waals surface area contributed by atoms with Crippen LogP contribution in [0.2, 0.25) is 0 Å². The third-order valence-corrected chi connectivity index (χ3v) is 7.09. The Morgan fingerprint density at radius 1 is 0.909 bits per heavy atom. The molecule has 0 atom stereocenters. The van der Waals surface area contributed by atoms with Gasteiger partial charge in [-0.3, -0.25) is 4.98 Å². The highest BCUT2D eigenvalue weighted by atomic mass is 32.1. The maximum absolute atomic E-state index is 9.71. The molecular formula is C25H24N6OS. The maximum atomic E-state index is 9.71. The molecule has 1 fully saturated rings. The van der Waals surface area contributed by atoms with Gasteiger partial charge in [0, 0.05) is 24.0 Å². The number of hydrogen-bond donors (Lipinski definition) is 4. The Morgan fingerprint density at radius 3 is 2.70 bits per heavy atom. The van der Waals surface area contributed by atoms with E-state index in [2.05, 4.69) is 38.8 Å². The van der Waals surface area contributed by atoms with Gasteiger partial charge in [0.15, 0.2) is 5.13 Å². The number of H-pyrrole nitrogens is 1. The van der Waals surface area contributed by atoms with Gasteiger partial charge in [0.25, 0.3) is 0 Å². The van der Waals surface area contributed by atoms with Crippen molar-refractivity contribution in [3.05, 3.63) is 60.9 Å². The predicted molar refractivity (Wildman–Crippen MR) is 134 cm³/mol. The number of nitrogens with zero attached hydrogens (tertiary/aromatic N) is 3. The smallest absolute Gasteiger partial charge is 0.189 e. The van der Waals surface area contributed by atoms with Crippen molar-refractivity contribution in [2.24, 2.45) is 0 Å². The summed E-state index contributed by atoms with van der Waals surface area (Å²) in [6, 6.07) is 16.7. The van der Waals surface area contributed by atoms with Crippen LogP contribution >= 0.6 is 11.3 Å². The molecule has 1 aliphatic rings. The van der Waals surface area contributed by atoms with Crippen LogP contribution in [0.25, 0.3) is 32.4 Å². The van der Waals surface area contributed by atoms with Crippen LogP contribution in [0.4, 0.5) is 16.8 Å². The molecule has 1 aliphatic carbocycles. The minimum Gasteiger partial charge on any atom is -0.393 e. The fourth-order valence-corrected chi connectivity index (χ4v) is 5.29. The van der Waals surface area contributed by atoms with Crippen LogP contribution in [0.1, 0.15) is 25.7 Å². The molecule has 0 unspecified atom stereocenters. The number of rotatable bonds is 5. The van der Waals surface area contributed by atoms with Crippen molar-refractivity contribution in [3.8, 4) is 11.1 Å². The van der Waals surface area contributed by atoms with Gasteiger partial charge in [-0.05, 0) is 67.6 Å². The number of anilines is 3. The lowest BCUT2D eigenvalue weighted by Crippen LogP contribution is -2.28. The molecule has 1 saturated carbocycles. The van der Waals surface area contributed by atoms with E-state index < -0.39 is 0 Å². The zero-order valence-electron chi connectivity index (χ0n) is 18.0. The monoisotopic (exact) mass is 456 g/mol. The van der Waals surface area contributed by atoms with Crippen LogP contribution in [0.3, 0.4) is 0 Å². The minimum absolute atomic E-state index is 0.156. The number of benzene rings is 1. The van der Waals surface area contributed by atoms with Crippen molar-refractivity contribution in [3.63, 3.8) is 0 Å². The molecule has 0 radical (unpaired) electrons. The fraction of sp³-hybridized carbons (Fsp3) is 0.240. The van der Waals surface area contributed by atoms with Crippen LogP contribution in [-0.4, -0.2) is 37.2 Å². The Kier molecular flexibility index (Phi) is 5.16. The molecule has 5 aromatic rings. The van der Waals surface area contributed by atoms with Crippen LogP contribution in [-0.2, 0) is 0 Å². The van der Waals surface area contributed by atoms with Crippen LogP contribution in [0, 0.1) is 0 Å². The second kappa shape index (κ2) is 8.46. The number of pyridine rings is 2. The van der Waals surface area contributed by atoms with Gasteiger partial charge in [0.1, 0.15) is 11.6 Å². The highest BCUT2D eigenvalue weighted by molar-refractivity contribution is 7.22. The lowest BCUT2D eigenvalue weighted by atomic mass is 9.93. The van der Waals surface area contributed by atoms with Crippen molar-refractivity contribution < 1.29 is 5.11 Å². The van der Waals surface area contributed by atoms with E-state index in [1.54, 1.807) is 11.3 Å². The molecule has 8 heteroatoms. The topological polar surface area (TPSA) is 98.7 Å². The third-order valence-electron chi connectivity index (χ3n) is 6.15. The number of aromatic nitrogens is 4.